The average Bonchev–Trinajstić information content (AvgIpc) is 3.06. The Bertz CT molecular complexity index is 1270. The van der Waals surface area contributed by atoms with Gasteiger partial charge in [-0.25, -0.2) is 0 Å². The minimum atomic E-state index is -0.490. The Morgan fingerprint density at radius 2 is 1.78 bits per heavy atom. The number of ether oxygens (including phenoxy) is 2. The van der Waals surface area contributed by atoms with Crippen LogP contribution in [-0.4, -0.2) is 89.2 Å². The van der Waals surface area contributed by atoms with Gasteiger partial charge < -0.3 is 29.7 Å². The molecule has 0 bridgehead atoms. The summed E-state index contributed by atoms with van der Waals surface area (Å²) in [5, 5.41) is 13.3. The number of amides is 3. The number of pyridine rings is 1. The van der Waals surface area contributed by atoms with Crippen molar-refractivity contribution in [3.05, 3.63) is 53.9 Å². The van der Waals surface area contributed by atoms with E-state index in [0.29, 0.717) is 35.7 Å². The fourth-order valence-corrected chi connectivity index (χ4v) is 6.14. The van der Waals surface area contributed by atoms with E-state index in [2.05, 4.69) is 10.3 Å². The van der Waals surface area contributed by atoms with Crippen LogP contribution in [0.25, 0.3) is 0 Å². The van der Waals surface area contributed by atoms with Crippen LogP contribution in [0.3, 0.4) is 0 Å². The van der Waals surface area contributed by atoms with Crippen molar-refractivity contribution in [2.45, 2.75) is 90.4 Å². The highest BCUT2D eigenvalue weighted by molar-refractivity contribution is 6.00. The van der Waals surface area contributed by atoms with Crippen molar-refractivity contribution >= 4 is 23.4 Å². The smallest absolute Gasteiger partial charge is 0.258 e. The Morgan fingerprint density at radius 1 is 1.07 bits per heavy atom. The minimum absolute atomic E-state index is 0.0168. The van der Waals surface area contributed by atoms with E-state index in [9.17, 15) is 19.5 Å². The van der Waals surface area contributed by atoms with E-state index in [0.717, 1.165) is 51.4 Å². The molecule has 3 amide bonds. The van der Waals surface area contributed by atoms with Gasteiger partial charge >= 0.3 is 0 Å². The van der Waals surface area contributed by atoms with Gasteiger partial charge in [-0.3, -0.25) is 19.4 Å². The van der Waals surface area contributed by atoms with Gasteiger partial charge in [-0.1, -0.05) is 26.2 Å². The molecule has 2 N–H and O–H groups in total. The van der Waals surface area contributed by atoms with E-state index in [1.807, 2.05) is 13.8 Å². The van der Waals surface area contributed by atoms with Crippen molar-refractivity contribution in [3.63, 3.8) is 0 Å². The molecule has 0 unspecified atom stereocenters. The number of hydrogen-bond acceptors (Lipinski definition) is 7. The van der Waals surface area contributed by atoms with E-state index < -0.39 is 6.04 Å². The molecular weight excluding hydrogens is 572 g/mol. The first-order chi connectivity index (χ1) is 21.7. The lowest BCUT2D eigenvalue weighted by Crippen LogP contribution is -2.48. The molecule has 1 aromatic heterocycles. The number of benzene rings is 1. The first-order valence-corrected chi connectivity index (χ1v) is 16.5. The summed E-state index contributed by atoms with van der Waals surface area (Å²) in [6, 6.07) is 8.15. The Balaban J connectivity index is 1.61. The van der Waals surface area contributed by atoms with Gasteiger partial charge in [0.15, 0.2) is 0 Å². The van der Waals surface area contributed by atoms with Crippen molar-refractivity contribution in [3.8, 4) is 5.75 Å². The van der Waals surface area contributed by atoms with Gasteiger partial charge in [-0.15, -0.1) is 0 Å². The zero-order valence-corrected chi connectivity index (χ0v) is 27.2. The number of aliphatic hydroxyl groups excluding tert-OH is 1. The van der Waals surface area contributed by atoms with Crippen LogP contribution in [0.5, 0.6) is 5.75 Å². The molecule has 1 aromatic carbocycles. The Hall–Kier alpha value is -3.50. The van der Waals surface area contributed by atoms with Gasteiger partial charge in [0.05, 0.1) is 30.4 Å². The van der Waals surface area contributed by atoms with Gasteiger partial charge in [0.1, 0.15) is 5.75 Å². The summed E-state index contributed by atoms with van der Waals surface area (Å²) in [5.74, 6) is -0.179. The first kappa shape index (κ1) is 34.4. The second-order valence-electron chi connectivity index (χ2n) is 12.8. The minimum Gasteiger partial charge on any atom is -0.490 e. The number of rotatable bonds is 7. The monoisotopic (exact) mass is 622 g/mol. The molecular formula is C35H50N4O6. The molecule has 1 aliphatic carbocycles. The Kier molecular flexibility index (Phi) is 12.8. The van der Waals surface area contributed by atoms with E-state index in [1.165, 1.54) is 0 Å². The lowest BCUT2D eigenvalue weighted by Gasteiger charge is -2.36. The summed E-state index contributed by atoms with van der Waals surface area (Å²) in [4.78, 5) is 47.8. The predicted octanol–water partition coefficient (Wildman–Crippen LogP) is 5.17. The van der Waals surface area contributed by atoms with Crippen LogP contribution in [0, 0.1) is 11.8 Å². The largest absolute Gasteiger partial charge is 0.490 e. The number of anilines is 1. The van der Waals surface area contributed by atoms with Gasteiger partial charge in [0.2, 0.25) is 5.91 Å². The molecule has 10 heteroatoms. The normalized spacial score (nSPS) is 22.8. The molecule has 4 atom stereocenters. The molecule has 1 aliphatic heterocycles. The van der Waals surface area contributed by atoms with Crippen molar-refractivity contribution in [1.29, 1.82) is 0 Å². The number of carbonyl (C=O) groups is 3. The van der Waals surface area contributed by atoms with Crippen LogP contribution >= 0.6 is 0 Å². The number of carbonyl (C=O) groups excluding carboxylic acids is 3. The fraction of sp³-hybridized carbons (Fsp3) is 0.600. The lowest BCUT2D eigenvalue weighted by atomic mass is 9.88. The SMILES string of the molecule is C[C@@H]1CCCCO[C@H](CN(C)C(=O)c2ccncc2)[C@@H](C)CN([C@H](C)CO)C(=O)c2cc(NC(=O)C3CCCCC3)ccc2O1. The van der Waals surface area contributed by atoms with Gasteiger partial charge in [-0.2, -0.15) is 0 Å². The predicted molar refractivity (Wildman–Crippen MR) is 173 cm³/mol. The summed E-state index contributed by atoms with van der Waals surface area (Å²) in [5.41, 5.74) is 1.44. The van der Waals surface area contributed by atoms with Gasteiger partial charge in [-0.05, 0) is 76.3 Å². The van der Waals surface area contributed by atoms with Crippen LogP contribution in [0.4, 0.5) is 5.69 Å². The van der Waals surface area contributed by atoms with Gasteiger partial charge in [0.25, 0.3) is 11.8 Å². The third-order valence-corrected chi connectivity index (χ3v) is 9.02. The van der Waals surface area contributed by atoms with Crippen molar-refractivity contribution < 1.29 is 29.0 Å². The van der Waals surface area contributed by atoms with Crippen LogP contribution in [0.2, 0.25) is 0 Å². The number of fused-ring (bicyclic) bond motifs is 1. The molecule has 2 aliphatic rings. The number of likely N-dealkylation sites (N-methyl/N-ethyl adjacent to an activating group) is 1. The third kappa shape index (κ3) is 9.50. The molecule has 45 heavy (non-hydrogen) atoms. The first-order valence-electron chi connectivity index (χ1n) is 16.5. The highest BCUT2D eigenvalue weighted by atomic mass is 16.5. The molecule has 2 aromatic rings. The average molecular weight is 623 g/mol. The van der Waals surface area contributed by atoms with Crippen LogP contribution in [0.15, 0.2) is 42.7 Å². The van der Waals surface area contributed by atoms with Gasteiger partial charge in [0, 0.05) is 62.2 Å². The topological polar surface area (TPSA) is 121 Å². The quantitative estimate of drug-likeness (QED) is 0.437. The van der Waals surface area contributed by atoms with Crippen molar-refractivity contribution in [1.82, 2.24) is 14.8 Å². The maximum atomic E-state index is 14.3. The molecule has 0 radical (unpaired) electrons. The number of aromatic nitrogens is 1. The highest BCUT2D eigenvalue weighted by Gasteiger charge is 2.31. The number of nitrogens with one attached hydrogen (secondary N) is 1. The summed E-state index contributed by atoms with van der Waals surface area (Å²) < 4.78 is 12.7. The van der Waals surface area contributed by atoms with E-state index in [4.69, 9.17) is 9.47 Å². The Labute approximate surface area is 267 Å². The molecule has 1 saturated carbocycles. The second kappa shape index (κ2) is 16.7. The summed E-state index contributed by atoms with van der Waals surface area (Å²) in [7, 11) is 1.75. The molecule has 1 fully saturated rings. The molecule has 4 rings (SSSR count). The molecule has 0 spiro atoms. The van der Waals surface area contributed by atoms with Crippen LogP contribution in [0.1, 0.15) is 92.9 Å². The molecule has 246 valence electrons. The molecule has 0 saturated heterocycles. The zero-order chi connectivity index (χ0) is 32.3. The summed E-state index contributed by atoms with van der Waals surface area (Å²) in [6.45, 7) is 6.71. The fourth-order valence-electron chi connectivity index (χ4n) is 6.14. The van der Waals surface area contributed by atoms with Crippen LogP contribution < -0.4 is 10.1 Å². The molecule has 2 heterocycles. The van der Waals surface area contributed by atoms with E-state index in [1.54, 1.807) is 66.5 Å². The third-order valence-electron chi connectivity index (χ3n) is 9.02. The Morgan fingerprint density at radius 3 is 2.49 bits per heavy atom. The van der Waals surface area contributed by atoms with E-state index >= 15 is 0 Å². The standard InChI is InChI=1S/C35H50N4O6/c1-24-21-39(25(2)23-40)35(43)30-20-29(37-33(41)27-11-6-5-7-12-27)13-14-31(30)45-26(3)10-8-9-19-44-32(24)22-38(4)34(42)28-15-17-36-18-16-28/h13-18,20,24-27,32,40H,5-12,19,21-23H2,1-4H3,(H,37,41)/t24-,25+,26+,32+/m0/s1. The highest BCUT2D eigenvalue weighted by Crippen LogP contribution is 2.30. The zero-order valence-electron chi connectivity index (χ0n) is 27.2. The molecule has 10 nitrogen and oxygen atoms in total. The van der Waals surface area contributed by atoms with Crippen LogP contribution in [-0.2, 0) is 9.53 Å². The second-order valence-corrected chi connectivity index (χ2v) is 12.8. The van der Waals surface area contributed by atoms with Crippen molar-refractivity contribution in [2.75, 3.05) is 38.7 Å². The summed E-state index contributed by atoms with van der Waals surface area (Å²) in [6.07, 6.45) is 10.2. The maximum Gasteiger partial charge on any atom is 0.258 e. The number of aliphatic hydroxyl groups is 1. The lowest BCUT2D eigenvalue weighted by molar-refractivity contribution is -0.120. The number of nitrogens with zero attached hydrogens (tertiary/aromatic N) is 3. The van der Waals surface area contributed by atoms with E-state index in [-0.39, 0.29) is 54.9 Å². The number of hydrogen-bond donors (Lipinski definition) is 2. The van der Waals surface area contributed by atoms with Crippen molar-refractivity contribution in [2.24, 2.45) is 11.8 Å². The maximum absolute atomic E-state index is 14.3. The summed E-state index contributed by atoms with van der Waals surface area (Å²) >= 11 is 0.